The first kappa shape index (κ1) is 11.6. The highest BCUT2D eigenvalue weighted by Gasteiger charge is 2.17. The molecule has 0 saturated heterocycles. The summed E-state index contributed by atoms with van der Waals surface area (Å²) in [5.41, 5.74) is 1.22. The molecule has 2 atom stereocenters. The van der Waals surface area contributed by atoms with Crippen LogP contribution in [0.5, 0.6) is 0 Å². The highest BCUT2D eigenvalue weighted by molar-refractivity contribution is 7.17. The number of fused-ring (bicyclic) bond motifs is 1. The minimum Gasteiger partial charge on any atom is -0.314 e. The average Bonchev–Trinajstić information content (AvgIpc) is 2.76. The van der Waals surface area contributed by atoms with Gasteiger partial charge in [0.1, 0.15) is 0 Å². The van der Waals surface area contributed by atoms with Crippen LogP contribution < -0.4 is 5.32 Å². The lowest BCUT2D eigenvalue weighted by Crippen LogP contribution is -2.31. The molecule has 16 heavy (non-hydrogen) atoms. The number of aromatic nitrogens is 1. The van der Waals surface area contributed by atoms with Crippen LogP contribution in [0.3, 0.4) is 0 Å². The summed E-state index contributed by atoms with van der Waals surface area (Å²) in [7, 11) is 0. The number of nitrogens with one attached hydrogen (secondary N) is 1. The van der Waals surface area contributed by atoms with Gasteiger partial charge in [-0.3, -0.25) is 4.98 Å². The molecular weight excluding hydrogens is 216 g/mol. The molecule has 0 saturated carbocycles. The number of hydrogen-bond acceptors (Lipinski definition) is 3. The first-order chi connectivity index (χ1) is 7.74. The van der Waals surface area contributed by atoms with Crippen molar-refractivity contribution in [2.24, 2.45) is 0 Å². The van der Waals surface area contributed by atoms with E-state index in [0.29, 0.717) is 12.0 Å². The van der Waals surface area contributed by atoms with E-state index in [1.807, 2.05) is 6.20 Å². The molecule has 3 heteroatoms. The third-order valence-electron chi connectivity index (χ3n) is 3.12. The maximum absolute atomic E-state index is 4.55. The van der Waals surface area contributed by atoms with Gasteiger partial charge in [0, 0.05) is 28.2 Å². The largest absolute Gasteiger partial charge is 0.314 e. The van der Waals surface area contributed by atoms with Crippen molar-refractivity contribution in [1.82, 2.24) is 10.3 Å². The van der Waals surface area contributed by atoms with Gasteiger partial charge in [0.15, 0.2) is 0 Å². The minimum atomic E-state index is 0.443. The topological polar surface area (TPSA) is 24.9 Å². The molecular formula is C13H18N2S. The Morgan fingerprint density at radius 1 is 1.38 bits per heavy atom. The third kappa shape index (κ3) is 2.11. The summed E-state index contributed by atoms with van der Waals surface area (Å²) in [6, 6.07) is 4.73. The number of nitrogens with zero attached hydrogens (tertiary/aromatic N) is 1. The standard InChI is InChI=1S/C13H18N2S/c1-4-14-10(3)9(2)13-11-6-8-16-12(11)5-7-15-13/h5-10,14H,4H2,1-3H3. The average molecular weight is 234 g/mol. The highest BCUT2D eigenvalue weighted by Crippen LogP contribution is 2.28. The zero-order valence-electron chi connectivity index (χ0n) is 10.0. The lowest BCUT2D eigenvalue weighted by molar-refractivity contribution is 0.490. The second-order valence-electron chi connectivity index (χ2n) is 4.16. The van der Waals surface area contributed by atoms with E-state index in [0.717, 1.165) is 6.54 Å². The van der Waals surface area contributed by atoms with Crippen molar-refractivity contribution in [3.8, 4) is 0 Å². The Balaban J connectivity index is 2.35. The monoisotopic (exact) mass is 234 g/mol. The smallest absolute Gasteiger partial charge is 0.0533 e. The second-order valence-corrected chi connectivity index (χ2v) is 5.11. The Bertz CT molecular complexity index is 464. The van der Waals surface area contributed by atoms with Gasteiger partial charge < -0.3 is 5.32 Å². The van der Waals surface area contributed by atoms with Gasteiger partial charge in [-0.25, -0.2) is 0 Å². The molecule has 2 nitrogen and oxygen atoms in total. The Kier molecular flexibility index (Phi) is 3.56. The van der Waals surface area contributed by atoms with E-state index < -0.39 is 0 Å². The van der Waals surface area contributed by atoms with E-state index in [9.17, 15) is 0 Å². The number of thiophene rings is 1. The number of likely N-dealkylation sites (N-methyl/N-ethyl adjacent to an activating group) is 1. The van der Waals surface area contributed by atoms with Crippen molar-refractivity contribution >= 4 is 21.4 Å². The molecule has 2 rings (SSSR count). The summed E-state index contributed by atoms with van der Waals surface area (Å²) in [5.74, 6) is 0.443. The van der Waals surface area contributed by atoms with E-state index >= 15 is 0 Å². The fourth-order valence-corrected chi connectivity index (χ4v) is 2.80. The number of rotatable bonds is 4. The van der Waals surface area contributed by atoms with Crippen LogP contribution in [0.25, 0.3) is 10.1 Å². The van der Waals surface area contributed by atoms with Crippen molar-refractivity contribution in [3.05, 3.63) is 29.4 Å². The van der Waals surface area contributed by atoms with E-state index in [1.54, 1.807) is 11.3 Å². The van der Waals surface area contributed by atoms with Crippen LogP contribution in [0, 0.1) is 0 Å². The van der Waals surface area contributed by atoms with Gasteiger partial charge in [-0.2, -0.15) is 0 Å². The highest BCUT2D eigenvalue weighted by atomic mass is 32.1. The molecule has 0 radical (unpaired) electrons. The van der Waals surface area contributed by atoms with Crippen LogP contribution in [-0.4, -0.2) is 17.6 Å². The van der Waals surface area contributed by atoms with E-state index in [-0.39, 0.29) is 0 Å². The maximum atomic E-state index is 4.55. The van der Waals surface area contributed by atoms with Gasteiger partial charge >= 0.3 is 0 Å². The van der Waals surface area contributed by atoms with Gasteiger partial charge in [-0.05, 0) is 31.0 Å². The van der Waals surface area contributed by atoms with Crippen LogP contribution in [0.15, 0.2) is 23.7 Å². The SMILES string of the molecule is CCNC(C)C(C)c1nccc2sccc12. The predicted molar refractivity (Wildman–Crippen MR) is 71.2 cm³/mol. The molecule has 0 amide bonds. The Morgan fingerprint density at radius 2 is 2.19 bits per heavy atom. The molecule has 1 N–H and O–H groups in total. The van der Waals surface area contributed by atoms with Crippen LogP contribution in [0.4, 0.5) is 0 Å². The van der Waals surface area contributed by atoms with Crippen molar-refractivity contribution < 1.29 is 0 Å². The molecule has 0 aromatic carbocycles. The van der Waals surface area contributed by atoms with E-state index in [1.165, 1.54) is 15.8 Å². The zero-order valence-corrected chi connectivity index (χ0v) is 10.8. The molecule has 0 bridgehead atoms. The zero-order chi connectivity index (χ0) is 11.5. The van der Waals surface area contributed by atoms with Crippen LogP contribution in [0.2, 0.25) is 0 Å². The summed E-state index contributed by atoms with van der Waals surface area (Å²) in [5, 5.41) is 6.91. The predicted octanol–water partition coefficient (Wildman–Crippen LogP) is 3.40. The van der Waals surface area contributed by atoms with Gasteiger partial charge in [-0.15, -0.1) is 11.3 Å². The van der Waals surface area contributed by atoms with E-state index in [4.69, 9.17) is 0 Å². The minimum absolute atomic E-state index is 0.443. The Labute approximate surface area is 101 Å². The van der Waals surface area contributed by atoms with Gasteiger partial charge in [0.05, 0.1) is 5.69 Å². The van der Waals surface area contributed by atoms with Crippen molar-refractivity contribution in [1.29, 1.82) is 0 Å². The number of hydrogen-bond donors (Lipinski definition) is 1. The first-order valence-electron chi connectivity index (χ1n) is 5.79. The van der Waals surface area contributed by atoms with Crippen LogP contribution in [0.1, 0.15) is 32.4 Å². The summed E-state index contributed by atoms with van der Waals surface area (Å²) < 4.78 is 1.33. The second kappa shape index (κ2) is 4.93. The maximum Gasteiger partial charge on any atom is 0.0533 e. The lowest BCUT2D eigenvalue weighted by atomic mass is 9.97. The molecule has 86 valence electrons. The van der Waals surface area contributed by atoms with Crippen molar-refractivity contribution in [2.45, 2.75) is 32.7 Å². The van der Waals surface area contributed by atoms with E-state index in [2.05, 4.69) is 48.6 Å². The fraction of sp³-hybridized carbons (Fsp3) is 0.462. The van der Waals surface area contributed by atoms with Gasteiger partial charge in [-0.1, -0.05) is 13.8 Å². The summed E-state index contributed by atoms with van der Waals surface area (Å²) >= 11 is 1.78. The van der Waals surface area contributed by atoms with Crippen molar-refractivity contribution in [3.63, 3.8) is 0 Å². The summed E-state index contributed by atoms with van der Waals surface area (Å²) in [6.45, 7) is 7.61. The molecule has 2 unspecified atom stereocenters. The molecule has 0 aliphatic carbocycles. The summed E-state index contributed by atoms with van der Waals surface area (Å²) in [4.78, 5) is 4.55. The molecule has 0 spiro atoms. The first-order valence-corrected chi connectivity index (χ1v) is 6.67. The normalized spacial score (nSPS) is 15.2. The molecule has 0 aliphatic heterocycles. The quantitative estimate of drug-likeness (QED) is 0.877. The van der Waals surface area contributed by atoms with Crippen molar-refractivity contribution in [2.75, 3.05) is 6.54 Å². The molecule has 2 heterocycles. The van der Waals surface area contributed by atoms with Gasteiger partial charge in [0.2, 0.25) is 0 Å². The third-order valence-corrected chi connectivity index (χ3v) is 4.00. The fourth-order valence-electron chi connectivity index (χ4n) is 2.01. The molecule has 2 aromatic rings. The Hall–Kier alpha value is -0.930. The molecule has 0 aliphatic rings. The Morgan fingerprint density at radius 3 is 2.94 bits per heavy atom. The van der Waals surface area contributed by atoms with Crippen LogP contribution >= 0.6 is 11.3 Å². The summed E-state index contributed by atoms with van der Waals surface area (Å²) in [6.07, 6.45) is 1.92. The lowest BCUT2D eigenvalue weighted by Gasteiger charge is -2.20. The molecule has 0 fully saturated rings. The molecule has 2 aromatic heterocycles. The number of pyridine rings is 1. The van der Waals surface area contributed by atoms with Crippen LogP contribution in [-0.2, 0) is 0 Å². The van der Waals surface area contributed by atoms with Gasteiger partial charge in [0.25, 0.3) is 0 Å².